The smallest absolute Gasteiger partial charge is 0.122 e. The van der Waals surface area contributed by atoms with Gasteiger partial charge in [0.1, 0.15) is 5.75 Å². The molecule has 102 valence electrons. The summed E-state index contributed by atoms with van der Waals surface area (Å²) in [5.74, 6) is 0.965. The van der Waals surface area contributed by atoms with Crippen molar-refractivity contribution in [3.8, 4) is 5.75 Å². The van der Waals surface area contributed by atoms with E-state index in [0.29, 0.717) is 0 Å². The summed E-state index contributed by atoms with van der Waals surface area (Å²) < 4.78 is 5.33. The fraction of sp³-hybridized carbons (Fsp3) is 0.600. The Kier molecular flexibility index (Phi) is 5.17. The standard InChI is InChI=1S/C15H26N2O/c1-11-12(2)14(18-6)8-7-13(11)9-17-10-15(3,4)16-5/h7-8,16-17H,9-10H2,1-6H3. The van der Waals surface area contributed by atoms with Crippen LogP contribution in [0.5, 0.6) is 5.75 Å². The molecule has 0 fully saturated rings. The number of ether oxygens (including phenoxy) is 1. The molecular weight excluding hydrogens is 224 g/mol. The number of nitrogens with one attached hydrogen (secondary N) is 2. The van der Waals surface area contributed by atoms with E-state index in [0.717, 1.165) is 18.8 Å². The molecule has 0 atom stereocenters. The minimum absolute atomic E-state index is 0.120. The summed E-state index contributed by atoms with van der Waals surface area (Å²) >= 11 is 0. The molecule has 0 saturated heterocycles. The average Bonchev–Trinajstić information content (AvgIpc) is 2.35. The Morgan fingerprint density at radius 1 is 1.17 bits per heavy atom. The number of likely N-dealkylation sites (N-methyl/N-ethyl adjacent to an activating group) is 1. The van der Waals surface area contributed by atoms with Gasteiger partial charge in [-0.2, -0.15) is 0 Å². The quantitative estimate of drug-likeness (QED) is 0.813. The van der Waals surface area contributed by atoms with Gasteiger partial charge in [-0.15, -0.1) is 0 Å². The number of hydrogen-bond donors (Lipinski definition) is 2. The Balaban J connectivity index is 2.66. The first-order valence-electron chi connectivity index (χ1n) is 6.44. The lowest BCUT2D eigenvalue weighted by atomic mass is 10.0. The molecule has 1 rings (SSSR count). The van der Waals surface area contributed by atoms with Crippen LogP contribution in [0, 0.1) is 13.8 Å². The molecule has 2 N–H and O–H groups in total. The Bertz CT molecular complexity index is 400. The van der Waals surface area contributed by atoms with E-state index in [4.69, 9.17) is 4.74 Å². The maximum Gasteiger partial charge on any atom is 0.122 e. The van der Waals surface area contributed by atoms with Crippen molar-refractivity contribution >= 4 is 0 Å². The molecule has 1 aromatic carbocycles. The molecule has 3 nitrogen and oxygen atoms in total. The van der Waals surface area contributed by atoms with E-state index in [2.05, 4.69) is 44.4 Å². The molecule has 0 bridgehead atoms. The van der Waals surface area contributed by atoms with E-state index >= 15 is 0 Å². The Morgan fingerprint density at radius 2 is 1.83 bits per heavy atom. The lowest BCUT2D eigenvalue weighted by Crippen LogP contribution is -2.45. The summed E-state index contributed by atoms with van der Waals surface area (Å²) in [6.07, 6.45) is 0. The number of benzene rings is 1. The predicted molar refractivity (Wildman–Crippen MR) is 77.3 cm³/mol. The fourth-order valence-electron chi connectivity index (χ4n) is 1.86. The molecule has 1 aromatic rings. The first-order chi connectivity index (χ1) is 8.41. The van der Waals surface area contributed by atoms with Crippen molar-refractivity contribution < 1.29 is 4.74 Å². The molecule has 3 heteroatoms. The molecule has 0 aliphatic heterocycles. The minimum Gasteiger partial charge on any atom is -0.496 e. The van der Waals surface area contributed by atoms with Crippen LogP contribution in [0.15, 0.2) is 12.1 Å². The molecule has 0 heterocycles. The zero-order chi connectivity index (χ0) is 13.8. The second-order valence-corrected chi connectivity index (χ2v) is 5.41. The topological polar surface area (TPSA) is 33.3 Å². The fourth-order valence-corrected chi connectivity index (χ4v) is 1.86. The van der Waals surface area contributed by atoms with Gasteiger partial charge in [0.25, 0.3) is 0 Å². The van der Waals surface area contributed by atoms with Crippen molar-refractivity contribution in [3.05, 3.63) is 28.8 Å². The van der Waals surface area contributed by atoms with E-state index in [9.17, 15) is 0 Å². The van der Waals surface area contributed by atoms with Crippen LogP contribution >= 0.6 is 0 Å². The average molecular weight is 250 g/mol. The van der Waals surface area contributed by atoms with Gasteiger partial charge in [-0.25, -0.2) is 0 Å². The van der Waals surface area contributed by atoms with Crippen LogP contribution in [0.4, 0.5) is 0 Å². The van der Waals surface area contributed by atoms with E-state index in [1.54, 1.807) is 7.11 Å². The summed E-state index contributed by atoms with van der Waals surface area (Å²) in [6.45, 7) is 10.5. The Morgan fingerprint density at radius 3 is 2.39 bits per heavy atom. The summed E-state index contributed by atoms with van der Waals surface area (Å²) in [4.78, 5) is 0. The molecule has 0 aliphatic rings. The van der Waals surface area contributed by atoms with Crippen molar-refractivity contribution in [2.75, 3.05) is 20.7 Å². The van der Waals surface area contributed by atoms with Gasteiger partial charge >= 0.3 is 0 Å². The number of methoxy groups -OCH3 is 1. The zero-order valence-electron chi connectivity index (χ0n) is 12.5. The largest absolute Gasteiger partial charge is 0.496 e. The van der Waals surface area contributed by atoms with Crippen LogP contribution in [0.25, 0.3) is 0 Å². The van der Waals surface area contributed by atoms with Gasteiger partial charge in [-0.05, 0) is 57.5 Å². The minimum atomic E-state index is 0.120. The van der Waals surface area contributed by atoms with Gasteiger partial charge in [0, 0.05) is 18.6 Å². The zero-order valence-corrected chi connectivity index (χ0v) is 12.5. The second-order valence-electron chi connectivity index (χ2n) is 5.41. The number of rotatable bonds is 6. The summed E-state index contributed by atoms with van der Waals surface area (Å²) in [7, 11) is 3.71. The van der Waals surface area contributed by atoms with Gasteiger partial charge in [0.05, 0.1) is 7.11 Å². The molecule has 0 amide bonds. The first kappa shape index (κ1) is 15.0. The van der Waals surface area contributed by atoms with Crippen LogP contribution in [0.3, 0.4) is 0 Å². The van der Waals surface area contributed by atoms with Crippen LogP contribution in [-0.4, -0.2) is 26.2 Å². The van der Waals surface area contributed by atoms with E-state index in [1.807, 2.05) is 13.1 Å². The highest BCUT2D eigenvalue weighted by molar-refractivity contribution is 5.43. The molecular formula is C15H26N2O. The SMILES string of the molecule is CNC(C)(C)CNCc1ccc(OC)c(C)c1C. The highest BCUT2D eigenvalue weighted by Gasteiger charge is 2.14. The van der Waals surface area contributed by atoms with Gasteiger partial charge in [0.15, 0.2) is 0 Å². The van der Waals surface area contributed by atoms with Crippen molar-refractivity contribution in [2.45, 2.75) is 39.8 Å². The van der Waals surface area contributed by atoms with Crippen molar-refractivity contribution in [3.63, 3.8) is 0 Å². The predicted octanol–water partition coefficient (Wildman–Crippen LogP) is 2.40. The third kappa shape index (κ3) is 3.72. The lowest BCUT2D eigenvalue weighted by molar-refractivity contribution is 0.392. The van der Waals surface area contributed by atoms with E-state index < -0.39 is 0 Å². The van der Waals surface area contributed by atoms with Crippen molar-refractivity contribution in [2.24, 2.45) is 0 Å². The molecule has 0 radical (unpaired) electrons. The maximum atomic E-state index is 5.33. The van der Waals surface area contributed by atoms with Crippen LogP contribution in [0.2, 0.25) is 0 Å². The normalized spacial score (nSPS) is 11.7. The van der Waals surface area contributed by atoms with Gasteiger partial charge in [-0.1, -0.05) is 6.07 Å². The van der Waals surface area contributed by atoms with Gasteiger partial charge in [0.2, 0.25) is 0 Å². The molecule has 18 heavy (non-hydrogen) atoms. The number of hydrogen-bond acceptors (Lipinski definition) is 3. The Hall–Kier alpha value is -1.06. The van der Waals surface area contributed by atoms with Crippen LogP contribution in [-0.2, 0) is 6.54 Å². The summed E-state index contributed by atoms with van der Waals surface area (Å²) in [6, 6.07) is 4.18. The highest BCUT2D eigenvalue weighted by Crippen LogP contribution is 2.23. The molecule has 0 aromatic heterocycles. The van der Waals surface area contributed by atoms with E-state index in [-0.39, 0.29) is 5.54 Å². The molecule has 0 spiro atoms. The van der Waals surface area contributed by atoms with Gasteiger partial charge in [-0.3, -0.25) is 0 Å². The summed E-state index contributed by atoms with van der Waals surface area (Å²) in [5.41, 5.74) is 3.99. The molecule has 0 unspecified atom stereocenters. The third-order valence-electron chi connectivity index (χ3n) is 3.63. The van der Waals surface area contributed by atoms with Crippen molar-refractivity contribution in [1.29, 1.82) is 0 Å². The van der Waals surface area contributed by atoms with Gasteiger partial charge < -0.3 is 15.4 Å². The molecule has 0 saturated carbocycles. The monoisotopic (exact) mass is 250 g/mol. The van der Waals surface area contributed by atoms with Crippen LogP contribution < -0.4 is 15.4 Å². The molecule has 0 aliphatic carbocycles. The lowest BCUT2D eigenvalue weighted by Gasteiger charge is -2.24. The third-order valence-corrected chi connectivity index (χ3v) is 3.63. The Labute approximate surface area is 111 Å². The van der Waals surface area contributed by atoms with Crippen molar-refractivity contribution in [1.82, 2.24) is 10.6 Å². The highest BCUT2D eigenvalue weighted by atomic mass is 16.5. The van der Waals surface area contributed by atoms with E-state index in [1.165, 1.54) is 16.7 Å². The second kappa shape index (κ2) is 6.21. The van der Waals surface area contributed by atoms with Crippen LogP contribution in [0.1, 0.15) is 30.5 Å². The first-order valence-corrected chi connectivity index (χ1v) is 6.44. The summed E-state index contributed by atoms with van der Waals surface area (Å²) in [5, 5.41) is 6.78. The maximum absolute atomic E-state index is 5.33.